The molecule has 1 aromatic heterocycles. The molecule has 7 heteroatoms. The molecule has 0 fully saturated rings. The number of amides is 1. The molecule has 2 aromatic carbocycles. The van der Waals surface area contributed by atoms with Gasteiger partial charge >= 0.3 is 0 Å². The highest BCUT2D eigenvalue weighted by Gasteiger charge is 2.09. The van der Waals surface area contributed by atoms with Gasteiger partial charge in [-0.3, -0.25) is 10.1 Å². The summed E-state index contributed by atoms with van der Waals surface area (Å²) in [5, 5.41) is 5.23. The van der Waals surface area contributed by atoms with Crippen molar-refractivity contribution in [2.24, 2.45) is 0 Å². The molecule has 0 aliphatic carbocycles. The van der Waals surface area contributed by atoms with Crippen molar-refractivity contribution in [3.05, 3.63) is 62.4 Å². The fourth-order valence-electron chi connectivity index (χ4n) is 2.12. The summed E-state index contributed by atoms with van der Waals surface area (Å²) in [7, 11) is 0. The second-order valence-corrected chi connectivity index (χ2v) is 7.92. The van der Waals surface area contributed by atoms with E-state index in [1.165, 1.54) is 11.3 Å². The van der Waals surface area contributed by atoms with Crippen molar-refractivity contribution < 1.29 is 9.53 Å². The highest BCUT2D eigenvalue weighted by molar-refractivity contribution is 9.10. The molecular formula is C18H14Br2N2O2S. The third-order valence-electron chi connectivity index (χ3n) is 3.37. The number of nitrogens with one attached hydrogen (secondary N) is 1. The van der Waals surface area contributed by atoms with Crippen molar-refractivity contribution in [3.63, 3.8) is 0 Å². The number of aromatic nitrogens is 1. The van der Waals surface area contributed by atoms with Gasteiger partial charge in [0, 0.05) is 19.9 Å². The van der Waals surface area contributed by atoms with Crippen LogP contribution in [-0.4, -0.2) is 17.5 Å². The lowest BCUT2D eigenvalue weighted by molar-refractivity contribution is -0.118. The molecule has 1 N–H and O–H groups in total. The molecule has 3 rings (SSSR count). The lowest BCUT2D eigenvalue weighted by Crippen LogP contribution is -2.20. The smallest absolute Gasteiger partial charge is 0.264 e. The summed E-state index contributed by atoms with van der Waals surface area (Å²) in [6, 6.07) is 13.5. The number of hydrogen-bond acceptors (Lipinski definition) is 4. The molecule has 128 valence electrons. The molecule has 0 aliphatic heterocycles. The van der Waals surface area contributed by atoms with Crippen molar-refractivity contribution in [3.8, 4) is 17.0 Å². The quantitative estimate of drug-likeness (QED) is 0.511. The molecule has 3 aromatic rings. The fourth-order valence-corrected chi connectivity index (χ4v) is 3.50. The molecule has 0 aliphatic rings. The van der Waals surface area contributed by atoms with Crippen LogP contribution in [0, 0.1) is 6.92 Å². The number of rotatable bonds is 5. The van der Waals surface area contributed by atoms with Crippen molar-refractivity contribution in [2.75, 3.05) is 11.9 Å². The van der Waals surface area contributed by atoms with Gasteiger partial charge in [0.05, 0.1) is 5.69 Å². The first-order chi connectivity index (χ1) is 12.0. The van der Waals surface area contributed by atoms with Crippen LogP contribution in [0.3, 0.4) is 0 Å². The highest BCUT2D eigenvalue weighted by Crippen LogP contribution is 2.27. The van der Waals surface area contributed by atoms with E-state index < -0.39 is 0 Å². The minimum absolute atomic E-state index is 0.0626. The number of benzene rings is 2. The first-order valence-electron chi connectivity index (χ1n) is 7.41. The Bertz CT molecular complexity index is 912. The zero-order valence-electron chi connectivity index (χ0n) is 13.3. The first-order valence-corrected chi connectivity index (χ1v) is 9.88. The maximum absolute atomic E-state index is 12.1. The number of carbonyl (C=O) groups excluding carboxylic acids is 1. The second kappa shape index (κ2) is 8.12. The number of aryl methyl sites for hydroxylation is 1. The minimum Gasteiger partial charge on any atom is -0.484 e. The van der Waals surface area contributed by atoms with Gasteiger partial charge < -0.3 is 4.74 Å². The van der Waals surface area contributed by atoms with E-state index in [0.717, 1.165) is 25.8 Å². The van der Waals surface area contributed by atoms with Crippen LogP contribution in [0.25, 0.3) is 11.3 Å². The lowest BCUT2D eigenvalue weighted by Gasteiger charge is -2.07. The molecule has 0 spiro atoms. The van der Waals surface area contributed by atoms with Crippen LogP contribution in [0.15, 0.2) is 56.8 Å². The van der Waals surface area contributed by atoms with E-state index in [1.54, 1.807) is 0 Å². The molecular weight excluding hydrogens is 468 g/mol. The van der Waals surface area contributed by atoms with Gasteiger partial charge in [-0.25, -0.2) is 4.98 Å². The molecule has 1 amide bonds. The molecule has 0 radical (unpaired) electrons. The summed E-state index contributed by atoms with van der Waals surface area (Å²) in [6.45, 7) is 1.91. The summed E-state index contributed by atoms with van der Waals surface area (Å²) in [5.41, 5.74) is 2.87. The largest absolute Gasteiger partial charge is 0.484 e. The van der Waals surface area contributed by atoms with E-state index in [2.05, 4.69) is 42.2 Å². The van der Waals surface area contributed by atoms with Gasteiger partial charge in [-0.2, -0.15) is 0 Å². The third-order valence-corrected chi connectivity index (χ3v) is 5.51. The highest BCUT2D eigenvalue weighted by atomic mass is 79.9. The SMILES string of the molecule is Cc1cc(OCC(=O)Nc2nc(-c3cccc(Br)c3)cs2)ccc1Br. The van der Waals surface area contributed by atoms with Crippen LogP contribution >= 0.6 is 43.2 Å². The van der Waals surface area contributed by atoms with Crippen LogP contribution in [0.2, 0.25) is 0 Å². The molecule has 0 unspecified atom stereocenters. The van der Waals surface area contributed by atoms with E-state index in [-0.39, 0.29) is 12.5 Å². The average molecular weight is 482 g/mol. The molecule has 0 saturated carbocycles. The van der Waals surface area contributed by atoms with Gasteiger partial charge in [-0.1, -0.05) is 44.0 Å². The van der Waals surface area contributed by atoms with Crippen LogP contribution in [0.5, 0.6) is 5.75 Å². The van der Waals surface area contributed by atoms with Crippen molar-refractivity contribution in [2.45, 2.75) is 6.92 Å². The Hall–Kier alpha value is -1.70. The Kier molecular flexibility index (Phi) is 5.88. The van der Waals surface area contributed by atoms with Crippen LogP contribution in [0.1, 0.15) is 5.56 Å². The number of anilines is 1. The summed E-state index contributed by atoms with van der Waals surface area (Å²) >= 11 is 8.26. The maximum atomic E-state index is 12.1. The summed E-state index contributed by atoms with van der Waals surface area (Å²) < 4.78 is 7.52. The molecule has 25 heavy (non-hydrogen) atoms. The molecule has 0 saturated heterocycles. The maximum Gasteiger partial charge on any atom is 0.264 e. The molecule has 0 atom stereocenters. The van der Waals surface area contributed by atoms with Crippen molar-refractivity contribution in [1.82, 2.24) is 4.98 Å². The second-order valence-electron chi connectivity index (χ2n) is 5.30. The lowest BCUT2D eigenvalue weighted by atomic mass is 10.2. The number of nitrogens with zero attached hydrogens (tertiary/aromatic N) is 1. The third kappa shape index (κ3) is 4.90. The summed E-state index contributed by atoms with van der Waals surface area (Å²) in [4.78, 5) is 16.5. The Morgan fingerprint density at radius 3 is 2.84 bits per heavy atom. The Morgan fingerprint density at radius 2 is 2.08 bits per heavy atom. The molecule has 4 nitrogen and oxygen atoms in total. The minimum atomic E-state index is -0.240. The number of thiazole rings is 1. The summed E-state index contributed by atoms with van der Waals surface area (Å²) in [6.07, 6.45) is 0. The van der Waals surface area contributed by atoms with Crippen LogP contribution in [-0.2, 0) is 4.79 Å². The van der Waals surface area contributed by atoms with Gasteiger partial charge in [0.2, 0.25) is 0 Å². The number of ether oxygens (including phenoxy) is 1. The normalized spacial score (nSPS) is 10.5. The first kappa shape index (κ1) is 18.1. The van der Waals surface area contributed by atoms with Crippen LogP contribution in [0.4, 0.5) is 5.13 Å². The van der Waals surface area contributed by atoms with Crippen molar-refractivity contribution in [1.29, 1.82) is 0 Å². The number of hydrogen-bond donors (Lipinski definition) is 1. The predicted molar refractivity (Wildman–Crippen MR) is 108 cm³/mol. The van der Waals surface area contributed by atoms with E-state index in [0.29, 0.717) is 10.9 Å². The standard InChI is InChI=1S/C18H14Br2N2O2S/c1-11-7-14(5-6-15(11)20)24-9-17(23)22-18-21-16(10-25-18)12-3-2-4-13(19)8-12/h2-8,10H,9H2,1H3,(H,21,22,23). The zero-order valence-corrected chi connectivity index (χ0v) is 17.2. The summed E-state index contributed by atoms with van der Waals surface area (Å²) in [5.74, 6) is 0.417. The Morgan fingerprint density at radius 1 is 1.24 bits per heavy atom. The van der Waals surface area contributed by atoms with Gasteiger partial charge in [-0.05, 0) is 42.8 Å². The van der Waals surface area contributed by atoms with E-state index in [9.17, 15) is 4.79 Å². The van der Waals surface area contributed by atoms with E-state index in [1.807, 2.05) is 54.8 Å². The Balaban J connectivity index is 1.59. The van der Waals surface area contributed by atoms with Crippen LogP contribution < -0.4 is 10.1 Å². The van der Waals surface area contributed by atoms with E-state index >= 15 is 0 Å². The van der Waals surface area contributed by atoms with Gasteiger partial charge in [0.25, 0.3) is 5.91 Å². The van der Waals surface area contributed by atoms with Gasteiger partial charge in [0.1, 0.15) is 5.75 Å². The van der Waals surface area contributed by atoms with Gasteiger partial charge in [0.15, 0.2) is 11.7 Å². The topological polar surface area (TPSA) is 51.2 Å². The number of halogens is 2. The molecule has 1 heterocycles. The van der Waals surface area contributed by atoms with Gasteiger partial charge in [-0.15, -0.1) is 11.3 Å². The fraction of sp³-hybridized carbons (Fsp3) is 0.111. The zero-order chi connectivity index (χ0) is 17.8. The van der Waals surface area contributed by atoms with Crippen molar-refractivity contribution >= 4 is 54.2 Å². The molecule has 0 bridgehead atoms. The number of carbonyl (C=O) groups is 1. The Labute approximate surface area is 166 Å². The predicted octanol–water partition coefficient (Wildman–Crippen LogP) is 5.66. The van der Waals surface area contributed by atoms with E-state index in [4.69, 9.17) is 4.74 Å². The average Bonchev–Trinajstić information content (AvgIpc) is 3.04. The monoisotopic (exact) mass is 480 g/mol.